The molecule has 0 bridgehead atoms. The number of Topliss-reactive ketones (excluding diaryl/α,β-unsaturated/α-hetero) is 1. The fraction of sp³-hybridized carbons (Fsp3) is 0.185. The van der Waals surface area contributed by atoms with Gasteiger partial charge in [0.2, 0.25) is 0 Å². The van der Waals surface area contributed by atoms with Gasteiger partial charge >= 0.3 is 12.4 Å². The van der Waals surface area contributed by atoms with Gasteiger partial charge in [-0.3, -0.25) is 9.59 Å². The lowest BCUT2D eigenvalue weighted by atomic mass is 10.0. The van der Waals surface area contributed by atoms with E-state index >= 15 is 0 Å². The van der Waals surface area contributed by atoms with Crippen molar-refractivity contribution in [2.45, 2.75) is 25.0 Å². The smallest absolute Gasteiger partial charge is 0.374 e. The van der Waals surface area contributed by atoms with Crippen LogP contribution < -0.4 is 5.32 Å². The largest absolute Gasteiger partial charge is 0.416 e. The molecule has 0 fully saturated rings. The molecule has 1 atom stereocenters. The van der Waals surface area contributed by atoms with Crippen molar-refractivity contribution in [3.05, 3.63) is 107 Å². The zero-order chi connectivity index (χ0) is 27.5. The number of rotatable bonds is 8. The maximum atomic E-state index is 13.4. The van der Waals surface area contributed by atoms with Gasteiger partial charge in [0, 0.05) is 28.2 Å². The van der Waals surface area contributed by atoms with Crippen LogP contribution in [-0.4, -0.2) is 29.3 Å². The molecule has 38 heavy (non-hydrogen) atoms. The number of ketones is 1. The molecule has 3 aromatic carbocycles. The number of carbonyl (C=O) groups is 2. The number of aromatic amines is 1. The predicted molar refractivity (Wildman–Crippen MR) is 126 cm³/mol. The van der Waals surface area contributed by atoms with E-state index < -0.39 is 54.4 Å². The Balaban J connectivity index is 1.58. The molecule has 1 amide bonds. The van der Waals surface area contributed by atoms with Gasteiger partial charge in [-0.15, -0.1) is 0 Å². The summed E-state index contributed by atoms with van der Waals surface area (Å²) in [5, 5.41) is 3.13. The molecule has 11 heteroatoms. The van der Waals surface area contributed by atoms with Crippen LogP contribution in [0, 0.1) is 0 Å². The van der Waals surface area contributed by atoms with Crippen LogP contribution in [-0.2, 0) is 23.7 Å². The number of amides is 1. The highest BCUT2D eigenvalue weighted by Gasteiger charge is 2.37. The van der Waals surface area contributed by atoms with Crippen LogP contribution in [0.3, 0.4) is 0 Å². The van der Waals surface area contributed by atoms with Crippen molar-refractivity contribution in [3.63, 3.8) is 0 Å². The van der Waals surface area contributed by atoms with Crippen molar-refractivity contribution in [3.8, 4) is 0 Å². The van der Waals surface area contributed by atoms with Crippen LogP contribution >= 0.6 is 0 Å². The zero-order valence-corrected chi connectivity index (χ0v) is 19.5. The normalized spacial score (nSPS) is 12.9. The van der Waals surface area contributed by atoms with E-state index in [2.05, 4.69) is 10.3 Å². The van der Waals surface area contributed by atoms with E-state index in [9.17, 15) is 35.9 Å². The van der Waals surface area contributed by atoms with Crippen LogP contribution in [0.25, 0.3) is 10.9 Å². The Bertz CT molecular complexity index is 1410. The topological polar surface area (TPSA) is 71.2 Å². The lowest BCUT2D eigenvalue weighted by molar-refractivity contribution is -0.143. The first kappa shape index (κ1) is 26.9. The number of alkyl halides is 6. The van der Waals surface area contributed by atoms with Gasteiger partial charge in [-0.05, 0) is 42.0 Å². The number of halogens is 6. The fourth-order valence-corrected chi connectivity index (χ4v) is 3.87. The maximum Gasteiger partial charge on any atom is 0.416 e. The molecular weight excluding hydrogens is 514 g/mol. The minimum atomic E-state index is -5.01. The number of hydrogen-bond acceptors (Lipinski definition) is 3. The molecule has 2 N–H and O–H groups in total. The molecule has 0 radical (unpaired) electrons. The molecule has 0 aliphatic carbocycles. The second-order valence-electron chi connectivity index (χ2n) is 8.43. The molecule has 0 saturated heterocycles. The lowest BCUT2D eigenvalue weighted by Gasteiger charge is -2.19. The van der Waals surface area contributed by atoms with Gasteiger partial charge in [0.15, 0.2) is 5.78 Å². The number of nitrogens with one attached hydrogen (secondary N) is 2. The molecule has 1 aromatic heterocycles. The second-order valence-corrected chi connectivity index (χ2v) is 8.43. The Hall–Kier alpha value is -4.12. The molecule has 0 spiro atoms. The minimum Gasteiger partial charge on any atom is -0.374 e. The quantitative estimate of drug-likeness (QED) is 0.203. The van der Waals surface area contributed by atoms with Crippen LogP contribution in [0.4, 0.5) is 26.3 Å². The van der Waals surface area contributed by atoms with Crippen molar-refractivity contribution in [2.75, 3.05) is 6.61 Å². The summed E-state index contributed by atoms with van der Waals surface area (Å²) in [7, 11) is 0. The predicted octanol–water partition coefficient (Wildman–Crippen LogP) is 6.40. The van der Waals surface area contributed by atoms with Gasteiger partial charge in [0.25, 0.3) is 5.91 Å². The highest BCUT2D eigenvalue weighted by Crippen LogP contribution is 2.36. The molecule has 5 nitrogen and oxygen atoms in total. The van der Waals surface area contributed by atoms with E-state index in [1.54, 1.807) is 42.5 Å². The standard InChI is InChI=1S/C27H20F6N2O3/c28-26(29,30)18-10-16(11-19(12-18)27(31,32)33)14-38-15-23(35-25(37)17-6-2-1-3-7-17)24(36)21-13-34-22-9-5-4-8-20(21)22/h1-13,23,34H,14-15H2,(H,35,37). The van der Waals surface area contributed by atoms with Gasteiger partial charge in [-0.1, -0.05) is 36.4 Å². The minimum absolute atomic E-state index is 0.0208. The summed E-state index contributed by atoms with van der Waals surface area (Å²) in [6.45, 7) is -1.17. The zero-order valence-electron chi connectivity index (χ0n) is 19.5. The van der Waals surface area contributed by atoms with E-state index in [0.717, 1.165) is 0 Å². The monoisotopic (exact) mass is 534 g/mol. The summed E-state index contributed by atoms with van der Waals surface area (Å²) in [4.78, 5) is 29.1. The molecule has 0 saturated carbocycles. The van der Waals surface area contributed by atoms with Crippen molar-refractivity contribution >= 4 is 22.6 Å². The fourth-order valence-electron chi connectivity index (χ4n) is 3.87. The molecular formula is C27H20F6N2O3. The second kappa shape index (κ2) is 10.7. The first-order chi connectivity index (χ1) is 17.9. The third-order valence-electron chi connectivity index (χ3n) is 5.71. The van der Waals surface area contributed by atoms with Crippen molar-refractivity contribution < 1.29 is 40.7 Å². The third-order valence-corrected chi connectivity index (χ3v) is 5.71. The SMILES string of the molecule is O=C(NC(COCc1cc(C(F)(F)F)cc(C(F)(F)F)c1)C(=O)c1c[nH]c2ccccc12)c1ccccc1. The van der Waals surface area contributed by atoms with Gasteiger partial charge < -0.3 is 15.0 Å². The summed E-state index contributed by atoms with van der Waals surface area (Å²) in [6.07, 6.45) is -8.56. The average Bonchev–Trinajstić information content (AvgIpc) is 3.31. The Morgan fingerprint density at radius 2 is 1.45 bits per heavy atom. The first-order valence-corrected chi connectivity index (χ1v) is 11.3. The van der Waals surface area contributed by atoms with Gasteiger partial charge in [-0.2, -0.15) is 26.3 Å². The molecule has 1 unspecified atom stereocenters. The van der Waals surface area contributed by atoms with E-state index in [1.807, 2.05) is 0 Å². The number of ether oxygens (including phenoxy) is 1. The Kier molecular flexibility index (Phi) is 7.58. The summed E-state index contributed by atoms with van der Waals surface area (Å²) < 4.78 is 84.5. The number of hydrogen-bond donors (Lipinski definition) is 2. The third kappa shape index (κ3) is 6.23. The number of H-pyrrole nitrogens is 1. The Morgan fingerprint density at radius 3 is 2.08 bits per heavy atom. The first-order valence-electron chi connectivity index (χ1n) is 11.3. The highest BCUT2D eigenvalue weighted by molar-refractivity contribution is 6.12. The van der Waals surface area contributed by atoms with Gasteiger partial charge in [0.1, 0.15) is 6.04 Å². The number of aromatic nitrogens is 1. The van der Waals surface area contributed by atoms with Gasteiger partial charge in [-0.25, -0.2) is 0 Å². The van der Waals surface area contributed by atoms with E-state index in [1.165, 1.54) is 18.3 Å². The number of benzene rings is 3. The van der Waals surface area contributed by atoms with E-state index in [4.69, 9.17) is 4.74 Å². The van der Waals surface area contributed by atoms with E-state index in [0.29, 0.717) is 23.0 Å². The summed E-state index contributed by atoms with van der Waals surface area (Å²) >= 11 is 0. The molecule has 1 heterocycles. The number of para-hydroxylation sites is 1. The van der Waals surface area contributed by atoms with Crippen molar-refractivity contribution in [2.24, 2.45) is 0 Å². The molecule has 198 valence electrons. The van der Waals surface area contributed by atoms with Crippen molar-refractivity contribution in [1.29, 1.82) is 0 Å². The Morgan fingerprint density at radius 1 is 0.842 bits per heavy atom. The Labute approximate surface area is 212 Å². The lowest BCUT2D eigenvalue weighted by Crippen LogP contribution is -2.44. The van der Waals surface area contributed by atoms with E-state index in [-0.39, 0.29) is 22.8 Å². The van der Waals surface area contributed by atoms with Crippen LogP contribution in [0.1, 0.15) is 37.4 Å². The molecule has 4 aromatic rings. The molecule has 4 rings (SSSR count). The average molecular weight is 534 g/mol. The number of fused-ring (bicyclic) bond motifs is 1. The number of carbonyl (C=O) groups excluding carboxylic acids is 2. The summed E-state index contributed by atoms with van der Waals surface area (Å²) in [5.74, 6) is -1.16. The summed E-state index contributed by atoms with van der Waals surface area (Å²) in [5.41, 5.74) is -2.20. The maximum absolute atomic E-state index is 13.4. The van der Waals surface area contributed by atoms with Crippen LogP contribution in [0.15, 0.2) is 79.0 Å². The highest BCUT2D eigenvalue weighted by atomic mass is 19.4. The van der Waals surface area contributed by atoms with Crippen molar-refractivity contribution in [1.82, 2.24) is 10.3 Å². The summed E-state index contributed by atoms with van der Waals surface area (Å²) in [6, 6.07) is 14.7. The molecule has 0 aliphatic heterocycles. The van der Waals surface area contributed by atoms with Crippen LogP contribution in [0.2, 0.25) is 0 Å². The van der Waals surface area contributed by atoms with Crippen LogP contribution in [0.5, 0.6) is 0 Å². The molecule has 0 aliphatic rings. The van der Waals surface area contributed by atoms with Gasteiger partial charge in [0.05, 0.1) is 24.3 Å².